The Morgan fingerprint density at radius 2 is 1.95 bits per heavy atom. The molecule has 1 aromatic heterocycles. The predicted octanol–water partition coefficient (Wildman–Crippen LogP) is 2.95. The van der Waals surface area contributed by atoms with E-state index in [-0.39, 0.29) is 18.9 Å². The third kappa shape index (κ3) is 5.00. The summed E-state index contributed by atoms with van der Waals surface area (Å²) < 4.78 is 5.72. The largest absolute Gasteiger partial charge is 0.445 e. The molecule has 0 aliphatic rings. The van der Waals surface area contributed by atoms with Gasteiger partial charge in [0.15, 0.2) is 5.78 Å². The summed E-state index contributed by atoms with van der Waals surface area (Å²) in [5.41, 5.74) is 1.31. The van der Waals surface area contributed by atoms with Crippen molar-refractivity contribution in [2.45, 2.75) is 6.61 Å². The molecule has 21 heavy (non-hydrogen) atoms. The van der Waals surface area contributed by atoms with E-state index in [1.807, 2.05) is 30.3 Å². The normalized spacial score (nSPS) is 9.95. The molecule has 2 rings (SSSR count). The summed E-state index contributed by atoms with van der Waals surface area (Å²) in [7, 11) is 0. The van der Waals surface area contributed by atoms with Gasteiger partial charge in [0.1, 0.15) is 6.61 Å². The van der Waals surface area contributed by atoms with Crippen LogP contribution < -0.4 is 5.32 Å². The number of pyridine rings is 1. The minimum absolute atomic E-state index is 0.133. The summed E-state index contributed by atoms with van der Waals surface area (Å²) in [4.78, 5) is 27.2. The Kier molecular flexibility index (Phi) is 5.45. The molecule has 0 spiro atoms. The molecule has 5 nitrogen and oxygen atoms in total. The van der Waals surface area contributed by atoms with Crippen molar-refractivity contribution in [3.63, 3.8) is 0 Å². The number of Topliss-reactive ketones (excluding diaryl/α,β-unsaturated/α-hetero) is 1. The molecule has 0 saturated heterocycles. The second-order valence-corrected chi connectivity index (χ2v) is 5.15. The molecule has 0 aliphatic carbocycles. The number of carbonyl (C=O) groups is 2. The van der Waals surface area contributed by atoms with Crippen LogP contribution in [-0.4, -0.2) is 23.4 Å². The molecule has 1 amide bonds. The molecule has 108 valence electrons. The Balaban J connectivity index is 1.77. The summed E-state index contributed by atoms with van der Waals surface area (Å²) in [5.74, 6) is -0.236. The van der Waals surface area contributed by atoms with Gasteiger partial charge in [0, 0.05) is 22.4 Å². The molecule has 0 radical (unpaired) electrons. The monoisotopic (exact) mass is 348 g/mol. The Bertz CT molecular complexity index is 632. The highest BCUT2D eigenvalue weighted by molar-refractivity contribution is 9.10. The van der Waals surface area contributed by atoms with Crippen molar-refractivity contribution >= 4 is 27.8 Å². The third-order valence-corrected chi connectivity index (χ3v) is 3.07. The lowest BCUT2D eigenvalue weighted by Crippen LogP contribution is -2.30. The molecule has 1 heterocycles. The smallest absolute Gasteiger partial charge is 0.407 e. The maximum absolute atomic E-state index is 11.8. The van der Waals surface area contributed by atoms with Gasteiger partial charge >= 0.3 is 6.09 Å². The highest BCUT2D eigenvalue weighted by Gasteiger charge is 2.09. The van der Waals surface area contributed by atoms with Crippen molar-refractivity contribution in [3.05, 3.63) is 64.4 Å². The number of ether oxygens (including phenoxy) is 1. The fraction of sp³-hybridized carbons (Fsp3) is 0.133. The van der Waals surface area contributed by atoms with Gasteiger partial charge in [0.25, 0.3) is 0 Å². The highest BCUT2D eigenvalue weighted by Crippen LogP contribution is 2.09. The number of ketones is 1. The summed E-state index contributed by atoms with van der Waals surface area (Å²) in [6.45, 7) is 0.0328. The Morgan fingerprint density at radius 1 is 1.19 bits per heavy atom. The minimum Gasteiger partial charge on any atom is -0.445 e. The van der Waals surface area contributed by atoms with Crippen molar-refractivity contribution in [2.75, 3.05) is 6.54 Å². The van der Waals surface area contributed by atoms with Crippen LogP contribution in [0.5, 0.6) is 0 Å². The topological polar surface area (TPSA) is 68.3 Å². The van der Waals surface area contributed by atoms with Gasteiger partial charge in [-0.3, -0.25) is 9.78 Å². The van der Waals surface area contributed by atoms with Crippen molar-refractivity contribution in [1.29, 1.82) is 0 Å². The molecular formula is C15H13BrN2O3. The van der Waals surface area contributed by atoms with Gasteiger partial charge in [-0.1, -0.05) is 30.3 Å². The SMILES string of the molecule is O=C(NCC(=O)c1cncc(Br)c1)OCc1ccccc1. The quantitative estimate of drug-likeness (QED) is 0.843. The number of rotatable bonds is 5. The Hall–Kier alpha value is -2.21. The first-order valence-electron chi connectivity index (χ1n) is 6.23. The van der Waals surface area contributed by atoms with Crippen molar-refractivity contribution in [2.24, 2.45) is 0 Å². The molecule has 0 saturated carbocycles. The van der Waals surface area contributed by atoms with Crippen LogP contribution in [0.2, 0.25) is 0 Å². The number of amides is 1. The molecule has 1 N–H and O–H groups in total. The van der Waals surface area contributed by atoms with Gasteiger partial charge in [-0.25, -0.2) is 4.79 Å². The van der Waals surface area contributed by atoms with E-state index >= 15 is 0 Å². The molecule has 2 aromatic rings. The fourth-order valence-electron chi connectivity index (χ4n) is 1.59. The van der Waals surface area contributed by atoms with E-state index in [1.165, 1.54) is 6.20 Å². The van der Waals surface area contributed by atoms with E-state index in [1.54, 1.807) is 12.3 Å². The molecule has 1 aromatic carbocycles. The highest BCUT2D eigenvalue weighted by atomic mass is 79.9. The third-order valence-electron chi connectivity index (χ3n) is 2.63. The lowest BCUT2D eigenvalue weighted by molar-refractivity contribution is 0.0973. The summed E-state index contributed by atoms with van der Waals surface area (Å²) in [6.07, 6.45) is 2.40. The van der Waals surface area contributed by atoms with E-state index < -0.39 is 6.09 Å². The summed E-state index contributed by atoms with van der Waals surface area (Å²) in [5, 5.41) is 2.42. The van der Waals surface area contributed by atoms with Gasteiger partial charge in [-0.2, -0.15) is 0 Å². The van der Waals surface area contributed by atoms with Crippen LogP contribution in [0.1, 0.15) is 15.9 Å². The number of benzene rings is 1. The number of hydrogen-bond donors (Lipinski definition) is 1. The van der Waals surface area contributed by atoms with Crippen molar-refractivity contribution < 1.29 is 14.3 Å². The van der Waals surface area contributed by atoms with Crippen LogP contribution in [-0.2, 0) is 11.3 Å². The molecule has 6 heteroatoms. The molecule has 0 unspecified atom stereocenters. The molecular weight excluding hydrogens is 336 g/mol. The maximum atomic E-state index is 11.8. The van der Waals surface area contributed by atoms with Gasteiger partial charge in [0.05, 0.1) is 6.54 Å². The number of nitrogens with zero attached hydrogens (tertiary/aromatic N) is 1. The van der Waals surface area contributed by atoms with Gasteiger partial charge in [-0.15, -0.1) is 0 Å². The number of carbonyl (C=O) groups excluding carboxylic acids is 2. The Morgan fingerprint density at radius 3 is 2.67 bits per heavy atom. The number of hydrogen-bond acceptors (Lipinski definition) is 4. The first-order valence-corrected chi connectivity index (χ1v) is 7.03. The molecule has 0 aliphatic heterocycles. The average Bonchev–Trinajstić information content (AvgIpc) is 2.51. The zero-order valence-electron chi connectivity index (χ0n) is 11.1. The molecule has 0 atom stereocenters. The predicted molar refractivity (Wildman–Crippen MR) is 80.9 cm³/mol. The first-order chi connectivity index (χ1) is 10.1. The molecule has 0 bridgehead atoms. The lowest BCUT2D eigenvalue weighted by Gasteiger charge is -2.06. The van der Waals surface area contributed by atoms with E-state index in [9.17, 15) is 9.59 Å². The number of halogens is 1. The van der Waals surface area contributed by atoms with E-state index in [0.29, 0.717) is 10.0 Å². The standard InChI is InChI=1S/C15H13BrN2O3/c16-13-6-12(7-17-8-13)14(19)9-18-15(20)21-10-11-4-2-1-3-5-11/h1-8H,9-10H2,(H,18,20). The fourth-order valence-corrected chi connectivity index (χ4v) is 1.96. The molecule has 0 fully saturated rings. The van der Waals surface area contributed by atoms with Crippen LogP contribution in [0.25, 0.3) is 0 Å². The van der Waals surface area contributed by atoms with Crippen molar-refractivity contribution in [3.8, 4) is 0 Å². The van der Waals surface area contributed by atoms with Crippen LogP contribution in [0, 0.1) is 0 Å². The van der Waals surface area contributed by atoms with Gasteiger partial charge in [0.2, 0.25) is 0 Å². The summed E-state index contributed by atoms with van der Waals surface area (Å²) >= 11 is 3.23. The van der Waals surface area contributed by atoms with Gasteiger partial charge < -0.3 is 10.1 Å². The number of aromatic nitrogens is 1. The van der Waals surface area contributed by atoms with Crippen LogP contribution >= 0.6 is 15.9 Å². The average molecular weight is 349 g/mol. The zero-order valence-corrected chi connectivity index (χ0v) is 12.7. The van der Waals surface area contributed by atoms with E-state index in [0.717, 1.165) is 5.56 Å². The number of alkyl carbamates (subject to hydrolysis) is 1. The van der Waals surface area contributed by atoms with Crippen LogP contribution in [0.15, 0.2) is 53.3 Å². The van der Waals surface area contributed by atoms with Gasteiger partial charge in [-0.05, 0) is 27.6 Å². The summed E-state index contributed by atoms with van der Waals surface area (Å²) in [6, 6.07) is 11.0. The maximum Gasteiger partial charge on any atom is 0.407 e. The van der Waals surface area contributed by atoms with E-state index in [4.69, 9.17) is 4.74 Å². The second kappa shape index (κ2) is 7.54. The Labute approximate surface area is 130 Å². The first kappa shape index (κ1) is 15.2. The zero-order chi connectivity index (χ0) is 15.1. The lowest BCUT2D eigenvalue weighted by atomic mass is 10.2. The second-order valence-electron chi connectivity index (χ2n) is 4.23. The van der Waals surface area contributed by atoms with Crippen LogP contribution in [0.3, 0.4) is 0 Å². The van der Waals surface area contributed by atoms with Crippen molar-refractivity contribution in [1.82, 2.24) is 10.3 Å². The van der Waals surface area contributed by atoms with Crippen LogP contribution in [0.4, 0.5) is 4.79 Å². The minimum atomic E-state index is -0.629. The number of nitrogens with one attached hydrogen (secondary N) is 1. The van der Waals surface area contributed by atoms with E-state index in [2.05, 4.69) is 26.2 Å².